The lowest BCUT2D eigenvalue weighted by molar-refractivity contribution is 0.827. The van der Waals surface area contributed by atoms with Crippen molar-refractivity contribution in [2.45, 2.75) is 46.0 Å². The predicted octanol–water partition coefficient (Wildman–Crippen LogP) is 3.08. The standard InChI is InChI=1S/C16H23N5/c1-4-5-9-18-16-20-14(17-3)13-10(2)11-7-6-8-12(11)19-15(13)21-16/h4-9H2,1-3H3,(H2,17,18,19,20,21). The van der Waals surface area contributed by atoms with Gasteiger partial charge in [-0.05, 0) is 43.7 Å². The number of nitrogens with one attached hydrogen (secondary N) is 2. The van der Waals surface area contributed by atoms with Gasteiger partial charge in [0.15, 0.2) is 5.65 Å². The number of anilines is 2. The highest BCUT2D eigenvalue weighted by Gasteiger charge is 2.20. The summed E-state index contributed by atoms with van der Waals surface area (Å²) in [7, 11) is 1.91. The van der Waals surface area contributed by atoms with Crippen molar-refractivity contribution >= 4 is 22.8 Å². The van der Waals surface area contributed by atoms with E-state index in [0.29, 0.717) is 5.95 Å². The molecule has 21 heavy (non-hydrogen) atoms. The Balaban J connectivity index is 2.09. The van der Waals surface area contributed by atoms with E-state index in [9.17, 15) is 0 Å². The monoisotopic (exact) mass is 285 g/mol. The molecular formula is C16H23N5. The van der Waals surface area contributed by atoms with E-state index in [-0.39, 0.29) is 0 Å². The Kier molecular flexibility index (Phi) is 3.90. The number of aromatic nitrogens is 3. The van der Waals surface area contributed by atoms with E-state index in [1.807, 2.05) is 7.05 Å². The van der Waals surface area contributed by atoms with Crippen molar-refractivity contribution in [1.82, 2.24) is 15.0 Å². The van der Waals surface area contributed by atoms with Gasteiger partial charge in [0.1, 0.15) is 5.82 Å². The fourth-order valence-electron chi connectivity index (χ4n) is 3.05. The average Bonchev–Trinajstić information content (AvgIpc) is 2.95. The van der Waals surface area contributed by atoms with E-state index in [1.54, 1.807) is 0 Å². The zero-order chi connectivity index (χ0) is 14.8. The second-order valence-electron chi connectivity index (χ2n) is 5.64. The molecular weight excluding hydrogens is 262 g/mol. The van der Waals surface area contributed by atoms with Crippen LogP contribution < -0.4 is 10.6 Å². The number of aryl methyl sites for hydroxylation is 2. The maximum Gasteiger partial charge on any atom is 0.226 e. The minimum Gasteiger partial charge on any atom is -0.372 e. The van der Waals surface area contributed by atoms with Crippen LogP contribution in [-0.4, -0.2) is 28.5 Å². The van der Waals surface area contributed by atoms with E-state index in [2.05, 4.69) is 34.4 Å². The normalized spacial score (nSPS) is 13.5. The first-order valence-electron chi connectivity index (χ1n) is 7.86. The van der Waals surface area contributed by atoms with Crippen LogP contribution in [0.3, 0.4) is 0 Å². The van der Waals surface area contributed by atoms with Gasteiger partial charge in [-0.15, -0.1) is 0 Å². The molecule has 0 aliphatic heterocycles. The molecule has 0 saturated heterocycles. The molecule has 2 aromatic heterocycles. The quantitative estimate of drug-likeness (QED) is 0.827. The Labute approximate surface area is 125 Å². The molecule has 0 amide bonds. The summed E-state index contributed by atoms with van der Waals surface area (Å²) in [6, 6.07) is 0. The summed E-state index contributed by atoms with van der Waals surface area (Å²) in [4.78, 5) is 14.0. The van der Waals surface area contributed by atoms with Crippen LogP contribution in [0.25, 0.3) is 11.0 Å². The zero-order valence-electron chi connectivity index (χ0n) is 13.1. The molecule has 1 aliphatic rings. The lowest BCUT2D eigenvalue weighted by atomic mass is 10.1. The molecule has 112 valence electrons. The third-order valence-corrected chi connectivity index (χ3v) is 4.20. The zero-order valence-corrected chi connectivity index (χ0v) is 13.1. The summed E-state index contributed by atoms with van der Waals surface area (Å²) < 4.78 is 0. The molecule has 5 heteroatoms. The van der Waals surface area contributed by atoms with Gasteiger partial charge in [0, 0.05) is 19.3 Å². The number of rotatable bonds is 5. The maximum atomic E-state index is 4.78. The van der Waals surface area contributed by atoms with E-state index in [1.165, 1.54) is 23.2 Å². The fourth-order valence-corrected chi connectivity index (χ4v) is 3.05. The highest BCUT2D eigenvalue weighted by Crippen LogP contribution is 2.32. The van der Waals surface area contributed by atoms with Crippen molar-refractivity contribution in [2.24, 2.45) is 0 Å². The van der Waals surface area contributed by atoms with Gasteiger partial charge in [0.25, 0.3) is 0 Å². The average molecular weight is 285 g/mol. The molecule has 0 spiro atoms. The summed E-state index contributed by atoms with van der Waals surface area (Å²) in [6.45, 7) is 5.24. The van der Waals surface area contributed by atoms with Crippen LogP contribution in [0.4, 0.5) is 11.8 Å². The third-order valence-electron chi connectivity index (χ3n) is 4.20. The highest BCUT2D eigenvalue weighted by molar-refractivity contribution is 5.91. The molecule has 0 radical (unpaired) electrons. The summed E-state index contributed by atoms with van der Waals surface area (Å²) in [5.41, 5.74) is 4.72. The number of unbranched alkanes of at least 4 members (excludes halogenated alkanes) is 1. The van der Waals surface area contributed by atoms with Crippen molar-refractivity contribution < 1.29 is 0 Å². The molecule has 1 aliphatic carbocycles. The van der Waals surface area contributed by atoms with Gasteiger partial charge < -0.3 is 10.6 Å². The van der Waals surface area contributed by atoms with Crippen molar-refractivity contribution in [2.75, 3.05) is 24.2 Å². The fraction of sp³-hybridized carbons (Fsp3) is 0.562. The molecule has 2 N–H and O–H groups in total. The Morgan fingerprint density at radius 3 is 2.76 bits per heavy atom. The van der Waals surface area contributed by atoms with Gasteiger partial charge >= 0.3 is 0 Å². The van der Waals surface area contributed by atoms with Crippen LogP contribution in [-0.2, 0) is 12.8 Å². The topological polar surface area (TPSA) is 62.7 Å². The highest BCUT2D eigenvalue weighted by atomic mass is 15.2. The maximum absolute atomic E-state index is 4.78. The molecule has 5 nitrogen and oxygen atoms in total. The molecule has 0 saturated carbocycles. The Morgan fingerprint density at radius 1 is 1.14 bits per heavy atom. The van der Waals surface area contributed by atoms with Gasteiger partial charge in [-0.1, -0.05) is 13.3 Å². The van der Waals surface area contributed by atoms with Crippen LogP contribution in [0.2, 0.25) is 0 Å². The lowest BCUT2D eigenvalue weighted by Crippen LogP contribution is -2.09. The summed E-state index contributed by atoms with van der Waals surface area (Å²) in [6.07, 6.45) is 5.67. The molecule has 0 atom stereocenters. The van der Waals surface area contributed by atoms with Crippen LogP contribution in [0, 0.1) is 6.92 Å². The third kappa shape index (κ3) is 2.52. The van der Waals surface area contributed by atoms with Crippen molar-refractivity contribution in [3.63, 3.8) is 0 Å². The molecule has 3 rings (SSSR count). The van der Waals surface area contributed by atoms with E-state index < -0.39 is 0 Å². The Bertz CT molecular complexity index is 666. The summed E-state index contributed by atoms with van der Waals surface area (Å²) >= 11 is 0. The second kappa shape index (κ2) is 5.84. The smallest absolute Gasteiger partial charge is 0.226 e. The minimum absolute atomic E-state index is 0.671. The molecule has 2 heterocycles. The van der Waals surface area contributed by atoms with Gasteiger partial charge in [0.2, 0.25) is 5.95 Å². The van der Waals surface area contributed by atoms with Gasteiger partial charge in [-0.2, -0.15) is 9.97 Å². The van der Waals surface area contributed by atoms with Gasteiger partial charge in [-0.3, -0.25) is 0 Å². The molecule has 2 aromatic rings. The largest absolute Gasteiger partial charge is 0.372 e. The van der Waals surface area contributed by atoms with Gasteiger partial charge in [-0.25, -0.2) is 4.98 Å². The Hall–Kier alpha value is -1.91. The van der Waals surface area contributed by atoms with Crippen molar-refractivity contribution in [3.05, 3.63) is 16.8 Å². The molecule has 0 unspecified atom stereocenters. The number of hydrogen-bond donors (Lipinski definition) is 2. The van der Waals surface area contributed by atoms with Crippen LogP contribution in [0.1, 0.15) is 43.0 Å². The van der Waals surface area contributed by atoms with Gasteiger partial charge in [0.05, 0.1) is 5.39 Å². The van der Waals surface area contributed by atoms with Crippen LogP contribution in [0.15, 0.2) is 0 Å². The summed E-state index contributed by atoms with van der Waals surface area (Å²) in [5, 5.41) is 7.57. The minimum atomic E-state index is 0.671. The number of hydrogen-bond acceptors (Lipinski definition) is 5. The van der Waals surface area contributed by atoms with E-state index in [4.69, 9.17) is 4.98 Å². The molecule has 0 bridgehead atoms. The second-order valence-corrected chi connectivity index (χ2v) is 5.64. The van der Waals surface area contributed by atoms with E-state index in [0.717, 1.165) is 49.1 Å². The molecule has 0 aromatic carbocycles. The first kappa shape index (κ1) is 14.0. The number of nitrogens with zero attached hydrogens (tertiary/aromatic N) is 3. The van der Waals surface area contributed by atoms with Crippen LogP contribution >= 0.6 is 0 Å². The SMILES string of the molecule is CCCCNc1nc(NC)c2c(C)c3c(nc2n1)CCC3. The van der Waals surface area contributed by atoms with Crippen LogP contribution in [0.5, 0.6) is 0 Å². The van der Waals surface area contributed by atoms with E-state index >= 15 is 0 Å². The van der Waals surface area contributed by atoms with Crippen molar-refractivity contribution in [1.29, 1.82) is 0 Å². The first-order valence-corrected chi connectivity index (χ1v) is 7.86. The lowest BCUT2D eigenvalue weighted by Gasteiger charge is -2.13. The molecule has 0 fully saturated rings. The number of pyridine rings is 1. The Morgan fingerprint density at radius 2 is 2.00 bits per heavy atom. The number of fused-ring (bicyclic) bond motifs is 2. The first-order chi connectivity index (χ1) is 10.2. The summed E-state index contributed by atoms with van der Waals surface area (Å²) in [5.74, 6) is 1.55. The van der Waals surface area contributed by atoms with Crippen molar-refractivity contribution in [3.8, 4) is 0 Å². The predicted molar refractivity (Wildman–Crippen MR) is 87.0 cm³/mol.